The summed E-state index contributed by atoms with van der Waals surface area (Å²) < 4.78 is 0. The Morgan fingerprint density at radius 3 is 2.25 bits per heavy atom. The number of nitrogens with zero attached hydrogens (tertiary/aromatic N) is 3. The molecular weight excluding hydrogens is 356 g/mol. The van der Waals surface area contributed by atoms with Gasteiger partial charge in [0.05, 0.1) is 5.54 Å². The molecule has 1 aliphatic rings. The third-order valence-corrected chi connectivity index (χ3v) is 4.96. The summed E-state index contributed by atoms with van der Waals surface area (Å²) in [5.74, 6) is 0. The number of hydroxylamine groups is 2. The molecule has 7 heteroatoms. The highest BCUT2D eigenvalue weighted by Crippen LogP contribution is 2.37. The zero-order chi connectivity index (χ0) is 20.3. The Morgan fingerprint density at radius 1 is 1.11 bits per heavy atom. The quantitative estimate of drug-likeness (QED) is 0.596. The molecule has 28 heavy (non-hydrogen) atoms. The van der Waals surface area contributed by atoms with Gasteiger partial charge >= 0.3 is 12.1 Å². The van der Waals surface area contributed by atoms with Gasteiger partial charge in [-0.2, -0.15) is 5.06 Å². The topological polar surface area (TPSA) is 76.1 Å². The van der Waals surface area contributed by atoms with E-state index in [0.717, 1.165) is 6.42 Å². The van der Waals surface area contributed by atoms with Crippen LogP contribution in [-0.2, 0) is 0 Å². The molecule has 0 aromatic heterocycles. The fourth-order valence-electron chi connectivity index (χ4n) is 3.61. The summed E-state index contributed by atoms with van der Waals surface area (Å²) in [4.78, 5) is 29.1. The second kappa shape index (κ2) is 7.90. The summed E-state index contributed by atoms with van der Waals surface area (Å²) in [5.41, 5.74) is 0.382. The van der Waals surface area contributed by atoms with E-state index in [-0.39, 0.29) is 6.03 Å². The van der Waals surface area contributed by atoms with Crippen LogP contribution in [-0.4, -0.2) is 45.5 Å². The van der Waals surface area contributed by atoms with E-state index in [1.165, 1.54) is 4.90 Å². The van der Waals surface area contributed by atoms with Crippen LogP contribution < -0.4 is 10.2 Å². The third-order valence-electron chi connectivity index (χ3n) is 4.96. The van der Waals surface area contributed by atoms with Crippen molar-refractivity contribution < 1.29 is 14.8 Å². The lowest BCUT2D eigenvalue weighted by molar-refractivity contribution is -0.0948. The summed E-state index contributed by atoms with van der Waals surface area (Å²) in [6.07, 6.45) is -0.121. The van der Waals surface area contributed by atoms with Crippen LogP contribution in [0.2, 0.25) is 0 Å². The number of urea groups is 2. The number of nitrogens with one attached hydrogen (secondary N) is 1. The van der Waals surface area contributed by atoms with Crippen molar-refractivity contribution >= 4 is 23.4 Å². The first-order chi connectivity index (χ1) is 13.4. The Hall–Kier alpha value is -3.06. The molecule has 0 aliphatic carbocycles. The number of carbonyl (C=O) groups is 2. The minimum atomic E-state index is -0.891. The van der Waals surface area contributed by atoms with E-state index >= 15 is 0 Å². The second-order valence-electron chi connectivity index (χ2n) is 7.31. The summed E-state index contributed by atoms with van der Waals surface area (Å²) in [6.45, 7) is 6.22. The van der Waals surface area contributed by atoms with Crippen molar-refractivity contribution in [3.63, 3.8) is 0 Å². The van der Waals surface area contributed by atoms with Crippen molar-refractivity contribution in [2.45, 2.75) is 38.9 Å². The Bertz CT molecular complexity index is 826. The van der Waals surface area contributed by atoms with Gasteiger partial charge in [-0.1, -0.05) is 43.3 Å². The van der Waals surface area contributed by atoms with Crippen molar-refractivity contribution in [1.29, 1.82) is 0 Å². The molecule has 0 unspecified atom stereocenters. The molecule has 1 heterocycles. The molecule has 0 radical (unpaired) electrons. The van der Waals surface area contributed by atoms with Crippen molar-refractivity contribution in [3.05, 3.63) is 60.7 Å². The lowest BCUT2D eigenvalue weighted by Gasteiger charge is -2.38. The third kappa shape index (κ3) is 3.53. The monoisotopic (exact) mass is 382 g/mol. The van der Waals surface area contributed by atoms with Gasteiger partial charge in [0.2, 0.25) is 0 Å². The van der Waals surface area contributed by atoms with Crippen LogP contribution in [0.5, 0.6) is 0 Å². The van der Waals surface area contributed by atoms with Crippen LogP contribution >= 0.6 is 0 Å². The van der Waals surface area contributed by atoms with Crippen LogP contribution in [0.15, 0.2) is 60.7 Å². The number of carbonyl (C=O) groups excluding carboxylic acids is 2. The van der Waals surface area contributed by atoms with Gasteiger partial charge in [-0.25, -0.2) is 9.59 Å². The van der Waals surface area contributed by atoms with E-state index in [2.05, 4.69) is 5.32 Å². The van der Waals surface area contributed by atoms with E-state index in [4.69, 9.17) is 0 Å². The minimum Gasteiger partial charge on any atom is -0.315 e. The predicted molar refractivity (Wildman–Crippen MR) is 108 cm³/mol. The molecule has 4 amide bonds. The molecule has 1 atom stereocenters. The maximum absolute atomic E-state index is 13.2. The van der Waals surface area contributed by atoms with E-state index < -0.39 is 17.7 Å². The van der Waals surface area contributed by atoms with Gasteiger partial charge in [0, 0.05) is 17.9 Å². The van der Waals surface area contributed by atoms with Crippen molar-refractivity contribution in [1.82, 2.24) is 9.96 Å². The van der Waals surface area contributed by atoms with Crippen LogP contribution in [0, 0.1) is 0 Å². The molecule has 1 aliphatic heterocycles. The van der Waals surface area contributed by atoms with Crippen LogP contribution in [0.3, 0.4) is 0 Å². The molecule has 2 aromatic rings. The van der Waals surface area contributed by atoms with Crippen molar-refractivity contribution in [2.75, 3.05) is 16.8 Å². The number of hydrogen-bond donors (Lipinski definition) is 2. The molecule has 1 fully saturated rings. The summed E-state index contributed by atoms with van der Waals surface area (Å²) in [5, 5.41) is 14.1. The Kier molecular flexibility index (Phi) is 5.56. The maximum Gasteiger partial charge on any atom is 0.347 e. The number of hydrogen-bond acceptors (Lipinski definition) is 3. The second-order valence-corrected chi connectivity index (χ2v) is 7.31. The highest BCUT2D eigenvalue weighted by Gasteiger charge is 2.55. The van der Waals surface area contributed by atoms with Gasteiger partial charge in [0.15, 0.2) is 6.17 Å². The molecule has 3 rings (SSSR count). The number of benzene rings is 2. The fourth-order valence-corrected chi connectivity index (χ4v) is 3.61. The minimum absolute atomic E-state index is 0.241. The van der Waals surface area contributed by atoms with Crippen molar-refractivity contribution in [3.8, 4) is 0 Å². The predicted octanol–water partition coefficient (Wildman–Crippen LogP) is 4.37. The number of amides is 4. The van der Waals surface area contributed by atoms with E-state index in [1.807, 2.05) is 45.0 Å². The summed E-state index contributed by atoms with van der Waals surface area (Å²) in [6, 6.07) is 17.0. The smallest absolute Gasteiger partial charge is 0.315 e. The van der Waals surface area contributed by atoms with Crippen LogP contribution in [0.25, 0.3) is 0 Å². The number of rotatable bonds is 5. The van der Waals surface area contributed by atoms with Crippen LogP contribution in [0.1, 0.15) is 27.2 Å². The largest absolute Gasteiger partial charge is 0.347 e. The molecule has 2 aromatic carbocycles. The highest BCUT2D eigenvalue weighted by atomic mass is 16.5. The first-order valence-corrected chi connectivity index (χ1v) is 9.38. The normalized spacial score (nSPS) is 18.3. The zero-order valence-corrected chi connectivity index (χ0v) is 16.4. The Balaban J connectivity index is 1.96. The first-order valence-electron chi connectivity index (χ1n) is 9.38. The molecule has 7 nitrogen and oxygen atoms in total. The molecule has 1 saturated heterocycles. The molecule has 0 bridgehead atoms. The fraction of sp³-hybridized carbons (Fsp3) is 0.333. The van der Waals surface area contributed by atoms with Gasteiger partial charge in [-0.15, -0.1) is 0 Å². The standard InChI is InChI=1S/C21H26N4O3/c1-4-15-23-20(27)24(17-13-9-6-10-14-17)18(21(23,2)3)25(28)19(26)22-16-11-7-5-8-12-16/h5-14,18,28H,4,15H2,1-3H3,(H,22,26)/t18-/m1/s1. The SMILES string of the molecule is CCCN1C(=O)N(c2ccccc2)[C@H](N(O)C(=O)Nc2ccccc2)C1(C)C. The van der Waals surface area contributed by atoms with E-state index in [9.17, 15) is 14.8 Å². The average molecular weight is 382 g/mol. The highest BCUT2D eigenvalue weighted by molar-refractivity contribution is 5.98. The summed E-state index contributed by atoms with van der Waals surface area (Å²) >= 11 is 0. The lowest BCUT2D eigenvalue weighted by atomic mass is 9.99. The molecule has 2 N–H and O–H groups in total. The number of para-hydroxylation sites is 2. The van der Waals surface area contributed by atoms with Gasteiger partial charge in [-0.3, -0.25) is 10.1 Å². The average Bonchev–Trinajstić information content (AvgIpc) is 2.89. The lowest BCUT2D eigenvalue weighted by Crippen LogP contribution is -2.58. The Labute approximate surface area is 165 Å². The van der Waals surface area contributed by atoms with Crippen LogP contribution in [0.4, 0.5) is 21.0 Å². The van der Waals surface area contributed by atoms with Gasteiger partial charge in [0.1, 0.15) is 0 Å². The van der Waals surface area contributed by atoms with Crippen molar-refractivity contribution in [2.24, 2.45) is 0 Å². The van der Waals surface area contributed by atoms with E-state index in [1.54, 1.807) is 41.3 Å². The number of anilines is 2. The molecule has 148 valence electrons. The van der Waals surface area contributed by atoms with E-state index in [0.29, 0.717) is 23.0 Å². The van der Waals surface area contributed by atoms with Gasteiger partial charge in [0.25, 0.3) is 0 Å². The Morgan fingerprint density at radius 2 is 1.68 bits per heavy atom. The molecular formula is C21H26N4O3. The van der Waals surface area contributed by atoms with Gasteiger partial charge < -0.3 is 10.2 Å². The summed E-state index contributed by atoms with van der Waals surface area (Å²) in [7, 11) is 0. The zero-order valence-electron chi connectivity index (χ0n) is 16.4. The molecule has 0 saturated carbocycles. The first kappa shape index (κ1) is 19.7. The maximum atomic E-state index is 13.2. The van der Waals surface area contributed by atoms with Gasteiger partial charge in [-0.05, 0) is 44.5 Å². The molecule has 0 spiro atoms.